The smallest absolute Gasteiger partial charge is 0.275 e. The Labute approximate surface area is 134 Å². The van der Waals surface area contributed by atoms with Gasteiger partial charge < -0.3 is 5.32 Å². The Hall–Kier alpha value is -2.07. The van der Waals surface area contributed by atoms with Gasteiger partial charge in [-0.25, -0.2) is 4.99 Å². The Balaban J connectivity index is 1.79. The number of anilines is 1. The molecule has 1 aliphatic heterocycles. The second kappa shape index (κ2) is 6.79. The first kappa shape index (κ1) is 14.9. The molecule has 0 atom stereocenters. The largest absolute Gasteiger partial charge is 0.320 e. The number of hydrogen-bond donors (Lipinski definition) is 1. The fourth-order valence-electron chi connectivity index (χ4n) is 2.29. The minimum atomic E-state index is -0.136. The highest BCUT2D eigenvalue weighted by molar-refractivity contribution is 7.99. The summed E-state index contributed by atoms with van der Waals surface area (Å²) in [6.45, 7) is 2.20. The maximum atomic E-state index is 12.0. The van der Waals surface area contributed by atoms with Gasteiger partial charge in [0.25, 0.3) is 5.91 Å². The number of hydrogen-bond acceptors (Lipinski definition) is 3. The molecule has 0 aliphatic carbocycles. The predicted octanol–water partition coefficient (Wildman–Crippen LogP) is 4.65. The number of benzene rings is 2. The Bertz CT molecular complexity index is 707. The lowest BCUT2D eigenvalue weighted by Crippen LogP contribution is -2.13. The molecule has 2 aromatic rings. The molecule has 0 spiro atoms. The van der Waals surface area contributed by atoms with Crippen LogP contribution in [0.5, 0.6) is 0 Å². The zero-order valence-corrected chi connectivity index (χ0v) is 13.3. The number of fused-ring (bicyclic) bond motifs is 1. The molecule has 0 unspecified atom stereocenters. The second-order valence-corrected chi connectivity index (χ2v) is 6.32. The van der Waals surface area contributed by atoms with E-state index in [1.54, 1.807) is 0 Å². The average Bonchev–Trinajstić information content (AvgIpc) is 2.85. The number of thioether (sulfide) groups is 1. The summed E-state index contributed by atoms with van der Waals surface area (Å²) in [4.78, 5) is 17.8. The fourth-order valence-corrected chi connectivity index (χ4v) is 3.29. The van der Waals surface area contributed by atoms with E-state index in [1.165, 1.54) is 17.7 Å². The van der Waals surface area contributed by atoms with Gasteiger partial charge in [-0.05, 0) is 42.5 Å². The normalized spacial score (nSPS) is 15.0. The maximum absolute atomic E-state index is 12.0. The van der Waals surface area contributed by atoms with Crippen LogP contribution in [-0.2, 0) is 4.79 Å². The van der Waals surface area contributed by atoms with Gasteiger partial charge in [0, 0.05) is 10.5 Å². The predicted molar refractivity (Wildman–Crippen MR) is 93.3 cm³/mol. The van der Waals surface area contributed by atoms with Crippen molar-refractivity contribution >= 4 is 34.8 Å². The Morgan fingerprint density at radius 3 is 2.64 bits per heavy atom. The van der Waals surface area contributed by atoms with Crippen LogP contribution in [0.1, 0.15) is 25.3 Å². The standard InChI is InChI=1S/C18H18N2OS/c1-2-3-12-22-14-10-8-13(9-11-14)19-17-15-6-4-5-7-16(15)20-18(17)21/h4-11H,2-3,12H2,1H3,(H,19,20,21). The minimum absolute atomic E-state index is 0.136. The van der Waals surface area contributed by atoms with Crippen LogP contribution in [0, 0.1) is 0 Å². The van der Waals surface area contributed by atoms with Crippen molar-refractivity contribution in [1.82, 2.24) is 0 Å². The molecule has 2 aromatic carbocycles. The Morgan fingerprint density at radius 2 is 1.86 bits per heavy atom. The molecule has 0 radical (unpaired) electrons. The summed E-state index contributed by atoms with van der Waals surface area (Å²) in [5.41, 5.74) is 3.00. The first-order valence-electron chi connectivity index (χ1n) is 7.50. The summed E-state index contributed by atoms with van der Waals surface area (Å²) in [6.07, 6.45) is 2.44. The minimum Gasteiger partial charge on any atom is -0.320 e. The quantitative estimate of drug-likeness (QED) is 0.645. The number of nitrogens with zero attached hydrogens (tertiary/aromatic N) is 1. The highest BCUT2D eigenvalue weighted by Gasteiger charge is 2.25. The van der Waals surface area contributed by atoms with Gasteiger partial charge in [-0.15, -0.1) is 11.8 Å². The molecule has 0 aromatic heterocycles. The van der Waals surface area contributed by atoms with E-state index in [2.05, 4.69) is 29.4 Å². The highest BCUT2D eigenvalue weighted by atomic mass is 32.2. The number of rotatable bonds is 5. The second-order valence-electron chi connectivity index (χ2n) is 5.16. The Kier molecular flexibility index (Phi) is 4.59. The van der Waals surface area contributed by atoms with E-state index >= 15 is 0 Å². The maximum Gasteiger partial charge on any atom is 0.275 e. The lowest BCUT2D eigenvalue weighted by atomic mass is 10.1. The third kappa shape index (κ3) is 3.22. The zero-order chi connectivity index (χ0) is 15.4. The Morgan fingerprint density at radius 1 is 1.09 bits per heavy atom. The molecule has 22 heavy (non-hydrogen) atoms. The molecule has 3 rings (SSSR count). The van der Waals surface area contributed by atoms with Crippen molar-refractivity contribution in [2.45, 2.75) is 24.7 Å². The third-order valence-corrected chi connectivity index (χ3v) is 4.59. The number of carbonyl (C=O) groups excluding carboxylic acids is 1. The molecule has 112 valence electrons. The molecule has 0 fully saturated rings. The van der Waals surface area contributed by atoms with Gasteiger partial charge in [-0.3, -0.25) is 4.79 Å². The molecular weight excluding hydrogens is 292 g/mol. The summed E-state index contributed by atoms with van der Waals surface area (Å²) >= 11 is 1.86. The number of carbonyl (C=O) groups is 1. The van der Waals surface area contributed by atoms with Crippen molar-refractivity contribution in [2.24, 2.45) is 4.99 Å². The summed E-state index contributed by atoms with van der Waals surface area (Å²) < 4.78 is 0. The molecular formula is C18H18N2OS. The fraction of sp³-hybridized carbons (Fsp3) is 0.222. The SMILES string of the molecule is CCCCSc1ccc(N=C2C(=O)Nc3ccccc32)cc1. The van der Waals surface area contributed by atoms with Gasteiger partial charge in [-0.2, -0.15) is 0 Å². The third-order valence-electron chi connectivity index (χ3n) is 3.49. The molecule has 1 amide bonds. The van der Waals surface area contributed by atoms with Gasteiger partial charge in [0.05, 0.1) is 11.4 Å². The number of aliphatic imine (C=N–C) groups is 1. The van der Waals surface area contributed by atoms with Crippen molar-refractivity contribution in [3.05, 3.63) is 54.1 Å². The first-order chi connectivity index (χ1) is 10.8. The molecule has 1 aliphatic rings. The van der Waals surface area contributed by atoms with Crippen molar-refractivity contribution in [3.8, 4) is 0 Å². The number of amides is 1. The van der Waals surface area contributed by atoms with Crippen LogP contribution in [0.3, 0.4) is 0 Å². The van der Waals surface area contributed by atoms with Crippen LogP contribution >= 0.6 is 11.8 Å². The lowest BCUT2D eigenvalue weighted by Gasteiger charge is -2.02. The molecule has 3 nitrogen and oxygen atoms in total. The van der Waals surface area contributed by atoms with Gasteiger partial charge in [-0.1, -0.05) is 31.5 Å². The molecule has 4 heteroatoms. The van der Waals surface area contributed by atoms with Gasteiger partial charge in [0.2, 0.25) is 0 Å². The van der Waals surface area contributed by atoms with Crippen LogP contribution in [0.4, 0.5) is 11.4 Å². The van der Waals surface area contributed by atoms with E-state index in [0.29, 0.717) is 5.71 Å². The van der Waals surface area contributed by atoms with Crippen LogP contribution in [0.2, 0.25) is 0 Å². The number of para-hydroxylation sites is 1. The average molecular weight is 310 g/mol. The van der Waals surface area contributed by atoms with Gasteiger partial charge in [0.15, 0.2) is 0 Å². The molecule has 1 N–H and O–H groups in total. The topological polar surface area (TPSA) is 41.5 Å². The van der Waals surface area contributed by atoms with E-state index in [4.69, 9.17) is 0 Å². The molecule has 0 bridgehead atoms. The molecule has 0 saturated heterocycles. The molecule has 0 saturated carbocycles. The van der Waals surface area contributed by atoms with E-state index in [-0.39, 0.29) is 5.91 Å². The van der Waals surface area contributed by atoms with Crippen LogP contribution in [0.15, 0.2) is 58.4 Å². The molecule has 1 heterocycles. The van der Waals surface area contributed by atoms with Crippen molar-refractivity contribution in [3.63, 3.8) is 0 Å². The first-order valence-corrected chi connectivity index (χ1v) is 8.49. The summed E-state index contributed by atoms with van der Waals surface area (Å²) in [6, 6.07) is 15.7. The van der Waals surface area contributed by atoms with Crippen LogP contribution < -0.4 is 5.32 Å². The number of nitrogens with one attached hydrogen (secondary N) is 1. The van der Waals surface area contributed by atoms with E-state index in [9.17, 15) is 4.79 Å². The van der Waals surface area contributed by atoms with Crippen LogP contribution in [-0.4, -0.2) is 17.4 Å². The van der Waals surface area contributed by atoms with Gasteiger partial charge in [0.1, 0.15) is 5.71 Å². The highest BCUT2D eigenvalue weighted by Crippen LogP contribution is 2.27. The van der Waals surface area contributed by atoms with Gasteiger partial charge >= 0.3 is 0 Å². The summed E-state index contributed by atoms with van der Waals surface area (Å²) in [7, 11) is 0. The van der Waals surface area contributed by atoms with Crippen LogP contribution in [0.25, 0.3) is 0 Å². The van der Waals surface area contributed by atoms with E-state index in [0.717, 1.165) is 22.7 Å². The number of unbranched alkanes of at least 4 members (excludes halogenated alkanes) is 1. The summed E-state index contributed by atoms with van der Waals surface area (Å²) in [5, 5.41) is 2.84. The van der Waals surface area contributed by atoms with Crippen molar-refractivity contribution < 1.29 is 4.79 Å². The van der Waals surface area contributed by atoms with E-state index in [1.807, 2.05) is 48.2 Å². The van der Waals surface area contributed by atoms with Crippen molar-refractivity contribution in [1.29, 1.82) is 0 Å². The summed E-state index contributed by atoms with van der Waals surface area (Å²) in [5.74, 6) is 1.00. The van der Waals surface area contributed by atoms with E-state index < -0.39 is 0 Å². The monoisotopic (exact) mass is 310 g/mol. The zero-order valence-electron chi connectivity index (χ0n) is 12.5. The lowest BCUT2D eigenvalue weighted by molar-refractivity contribution is -0.110. The van der Waals surface area contributed by atoms with Crippen molar-refractivity contribution in [2.75, 3.05) is 11.1 Å².